The lowest BCUT2D eigenvalue weighted by molar-refractivity contribution is 0.112. The van der Waals surface area contributed by atoms with Gasteiger partial charge in [0.05, 0.1) is 10.2 Å². The maximum absolute atomic E-state index is 2.60. The van der Waals surface area contributed by atoms with E-state index >= 15 is 0 Å². The van der Waals surface area contributed by atoms with Crippen molar-refractivity contribution in [2.45, 2.75) is 111 Å². The first-order chi connectivity index (χ1) is 9.41. The fourth-order valence-electron chi connectivity index (χ4n) is 3.56. The molecule has 1 atom stereocenters. The first-order valence-corrected chi connectivity index (χ1v) is 10.5. The van der Waals surface area contributed by atoms with Crippen molar-refractivity contribution in [1.82, 2.24) is 9.80 Å². The van der Waals surface area contributed by atoms with E-state index in [1.807, 2.05) is 21.6 Å². The predicted octanol–water partition coefficient (Wildman–Crippen LogP) is 5.69. The van der Waals surface area contributed by atoms with Crippen molar-refractivity contribution < 1.29 is 0 Å². The van der Waals surface area contributed by atoms with E-state index < -0.39 is 0 Å². The van der Waals surface area contributed by atoms with Crippen molar-refractivity contribution in [3.8, 4) is 0 Å². The summed E-state index contributed by atoms with van der Waals surface area (Å²) >= 11 is 0. The van der Waals surface area contributed by atoms with Gasteiger partial charge in [0.1, 0.15) is 0 Å². The minimum Gasteiger partial charge on any atom is -0.286 e. The Hall–Kier alpha value is 0.620. The molecule has 1 unspecified atom stereocenters. The lowest BCUT2D eigenvalue weighted by Crippen LogP contribution is -2.49. The van der Waals surface area contributed by atoms with Crippen LogP contribution in [0.4, 0.5) is 0 Å². The van der Waals surface area contributed by atoms with Crippen molar-refractivity contribution >= 4 is 21.6 Å². The third-order valence-corrected chi connectivity index (χ3v) is 7.32. The summed E-state index contributed by atoms with van der Waals surface area (Å²) in [7, 11) is 4.03. The highest BCUT2D eigenvalue weighted by atomic mass is 33.1. The van der Waals surface area contributed by atoms with Gasteiger partial charge in [0.25, 0.3) is 0 Å². The Morgan fingerprint density at radius 3 is 1.33 bits per heavy atom. The van der Waals surface area contributed by atoms with Crippen molar-refractivity contribution in [1.29, 1.82) is 0 Å². The Kier molecular flexibility index (Phi) is 9.31. The Morgan fingerprint density at radius 2 is 1.05 bits per heavy atom. The summed E-state index contributed by atoms with van der Waals surface area (Å²) in [6.45, 7) is 25.4. The second-order valence-corrected chi connectivity index (χ2v) is 10.6. The molecule has 0 N–H and O–H groups in total. The van der Waals surface area contributed by atoms with Gasteiger partial charge in [-0.3, -0.25) is 9.80 Å². The molecule has 0 aromatic heterocycles. The lowest BCUT2D eigenvalue weighted by atomic mass is 10.1. The van der Waals surface area contributed by atoms with Crippen LogP contribution in [0.5, 0.6) is 0 Å². The third kappa shape index (κ3) is 6.72. The van der Waals surface area contributed by atoms with E-state index in [-0.39, 0.29) is 4.87 Å². The van der Waals surface area contributed by atoms with Crippen molar-refractivity contribution in [2.24, 2.45) is 0 Å². The Bertz CT molecular complexity index is 273. The fourth-order valence-corrected chi connectivity index (χ4v) is 6.71. The van der Waals surface area contributed by atoms with Crippen LogP contribution in [0.15, 0.2) is 0 Å². The minimum atomic E-state index is 0.140. The zero-order valence-corrected chi connectivity index (χ0v) is 17.7. The lowest BCUT2D eigenvalue weighted by Gasteiger charge is -2.44. The Balaban J connectivity index is 4.81. The second-order valence-electron chi connectivity index (χ2n) is 7.46. The normalized spacial score (nSPS) is 15.3. The average molecular weight is 335 g/mol. The van der Waals surface area contributed by atoms with Crippen molar-refractivity contribution in [3.05, 3.63) is 0 Å². The summed E-state index contributed by atoms with van der Waals surface area (Å²) in [5.41, 5.74) is 0. The molecule has 21 heavy (non-hydrogen) atoms. The largest absolute Gasteiger partial charge is 0.286 e. The summed E-state index contributed by atoms with van der Waals surface area (Å²) in [5, 5.41) is 0.524. The summed E-state index contributed by atoms with van der Waals surface area (Å²) in [4.78, 5) is 5.33. The molecule has 0 radical (unpaired) electrons. The SMILES string of the molecule is CC(C)N(C(C)C)C(C)SSC(C)(C)N(C(C)C)C(C)C. The van der Waals surface area contributed by atoms with E-state index in [1.54, 1.807) is 0 Å². The molecule has 0 rings (SSSR count). The molecule has 0 spiro atoms. The molecule has 0 saturated heterocycles. The minimum absolute atomic E-state index is 0.140. The van der Waals surface area contributed by atoms with Gasteiger partial charge in [-0.25, -0.2) is 0 Å². The molecule has 0 fully saturated rings. The topological polar surface area (TPSA) is 6.48 Å². The Morgan fingerprint density at radius 1 is 0.667 bits per heavy atom. The third-order valence-electron chi connectivity index (χ3n) is 3.74. The molecule has 128 valence electrons. The van der Waals surface area contributed by atoms with E-state index in [0.29, 0.717) is 29.5 Å². The summed E-state index contributed by atoms with van der Waals surface area (Å²) in [6.07, 6.45) is 0. The molecule has 4 heteroatoms. The van der Waals surface area contributed by atoms with Crippen LogP contribution in [0.25, 0.3) is 0 Å². The molecule has 2 nitrogen and oxygen atoms in total. The summed E-state index contributed by atoms with van der Waals surface area (Å²) in [5.74, 6) is 0. The second kappa shape index (κ2) is 9.05. The van der Waals surface area contributed by atoms with Crippen LogP contribution >= 0.6 is 21.6 Å². The Labute approximate surface area is 142 Å². The molecule has 0 amide bonds. The van der Waals surface area contributed by atoms with Crippen LogP contribution < -0.4 is 0 Å². The van der Waals surface area contributed by atoms with E-state index in [4.69, 9.17) is 0 Å². The zero-order chi connectivity index (χ0) is 17.0. The van der Waals surface area contributed by atoms with Crippen molar-refractivity contribution in [3.63, 3.8) is 0 Å². The van der Waals surface area contributed by atoms with Gasteiger partial charge < -0.3 is 0 Å². The van der Waals surface area contributed by atoms with E-state index in [2.05, 4.69) is 86.0 Å². The van der Waals surface area contributed by atoms with Crippen LogP contribution in [0, 0.1) is 0 Å². The summed E-state index contributed by atoms with van der Waals surface area (Å²) < 4.78 is 0. The quantitative estimate of drug-likeness (QED) is 0.394. The molecule has 0 bridgehead atoms. The molecule has 0 aromatic rings. The first-order valence-electron chi connectivity index (χ1n) is 8.32. The standard InChI is InChI=1S/C17H38N2S2/c1-12(2)18(13(3)4)16(9)20-21-17(10,11)19(14(5)6)15(7)8/h12-16H,1-11H3. The van der Waals surface area contributed by atoms with Crippen LogP contribution in [0.3, 0.4) is 0 Å². The van der Waals surface area contributed by atoms with Gasteiger partial charge in [-0.15, -0.1) is 0 Å². The van der Waals surface area contributed by atoms with Crippen LogP contribution in [0.1, 0.15) is 76.2 Å². The van der Waals surface area contributed by atoms with E-state index in [1.165, 1.54) is 0 Å². The fraction of sp³-hybridized carbons (Fsp3) is 1.00. The highest BCUT2D eigenvalue weighted by molar-refractivity contribution is 8.77. The maximum Gasteiger partial charge on any atom is 0.0721 e. The molecule has 0 aliphatic carbocycles. The predicted molar refractivity (Wildman–Crippen MR) is 103 cm³/mol. The number of hydrogen-bond donors (Lipinski definition) is 0. The number of rotatable bonds is 9. The van der Waals surface area contributed by atoms with Gasteiger partial charge in [0.15, 0.2) is 0 Å². The van der Waals surface area contributed by atoms with Crippen LogP contribution in [-0.4, -0.2) is 44.2 Å². The van der Waals surface area contributed by atoms with Gasteiger partial charge in [0.2, 0.25) is 0 Å². The van der Waals surface area contributed by atoms with Gasteiger partial charge in [-0.05, 0) is 76.2 Å². The smallest absolute Gasteiger partial charge is 0.0721 e. The highest BCUT2D eigenvalue weighted by Gasteiger charge is 2.33. The molecule has 0 aliphatic rings. The molecule has 0 aliphatic heterocycles. The van der Waals surface area contributed by atoms with Gasteiger partial charge in [-0.2, -0.15) is 0 Å². The average Bonchev–Trinajstić information content (AvgIpc) is 2.23. The maximum atomic E-state index is 2.60. The number of hydrogen-bond acceptors (Lipinski definition) is 4. The van der Waals surface area contributed by atoms with Gasteiger partial charge in [0, 0.05) is 24.2 Å². The van der Waals surface area contributed by atoms with E-state index in [0.717, 1.165) is 0 Å². The highest BCUT2D eigenvalue weighted by Crippen LogP contribution is 2.43. The number of nitrogens with zero attached hydrogens (tertiary/aromatic N) is 2. The zero-order valence-electron chi connectivity index (χ0n) is 16.1. The van der Waals surface area contributed by atoms with Crippen molar-refractivity contribution in [2.75, 3.05) is 0 Å². The molecule has 0 saturated carbocycles. The van der Waals surface area contributed by atoms with Gasteiger partial charge in [-0.1, -0.05) is 21.6 Å². The molecular weight excluding hydrogens is 296 g/mol. The van der Waals surface area contributed by atoms with E-state index in [9.17, 15) is 0 Å². The molecular formula is C17H38N2S2. The molecule has 0 heterocycles. The summed E-state index contributed by atoms with van der Waals surface area (Å²) in [6, 6.07) is 2.30. The first kappa shape index (κ1) is 21.6. The van der Waals surface area contributed by atoms with Gasteiger partial charge >= 0.3 is 0 Å². The van der Waals surface area contributed by atoms with Crippen LogP contribution in [-0.2, 0) is 0 Å². The molecule has 0 aromatic carbocycles. The van der Waals surface area contributed by atoms with Crippen LogP contribution in [0.2, 0.25) is 0 Å². The monoisotopic (exact) mass is 334 g/mol.